The van der Waals surface area contributed by atoms with Crippen LogP contribution < -0.4 is 0 Å². The fourth-order valence-electron chi connectivity index (χ4n) is 1.66. The van der Waals surface area contributed by atoms with Gasteiger partial charge in [0, 0.05) is 6.20 Å². The summed E-state index contributed by atoms with van der Waals surface area (Å²) in [5.41, 5.74) is -2.23. The van der Waals surface area contributed by atoms with Gasteiger partial charge in [0.05, 0.1) is 11.1 Å². The van der Waals surface area contributed by atoms with Gasteiger partial charge in [0.2, 0.25) is 0 Å². The monoisotopic (exact) mass is 282 g/mol. The van der Waals surface area contributed by atoms with Crippen LogP contribution in [0, 0.1) is 6.92 Å². The number of aromatic hydroxyl groups is 1. The molecular formula is C13H9F3N2O2. The summed E-state index contributed by atoms with van der Waals surface area (Å²) in [6, 6.07) is 5.35. The highest BCUT2D eigenvalue weighted by Gasteiger charge is 2.38. The Kier molecular flexibility index (Phi) is 3.44. The molecule has 2 rings (SSSR count). The molecule has 0 atom stereocenters. The van der Waals surface area contributed by atoms with Gasteiger partial charge in [-0.05, 0) is 19.1 Å². The molecule has 0 aliphatic heterocycles. The molecule has 0 saturated carbocycles. The van der Waals surface area contributed by atoms with Crippen LogP contribution in [0.1, 0.15) is 27.4 Å². The lowest BCUT2D eigenvalue weighted by Crippen LogP contribution is -2.17. The van der Waals surface area contributed by atoms with Crippen molar-refractivity contribution in [3.05, 3.63) is 53.1 Å². The molecule has 0 amide bonds. The summed E-state index contributed by atoms with van der Waals surface area (Å²) >= 11 is 0. The zero-order chi connectivity index (χ0) is 14.9. The van der Waals surface area contributed by atoms with Crippen LogP contribution in [0.25, 0.3) is 0 Å². The van der Waals surface area contributed by atoms with Crippen LogP contribution in [0.2, 0.25) is 0 Å². The molecule has 2 aromatic rings. The Morgan fingerprint density at radius 3 is 2.45 bits per heavy atom. The van der Waals surface area contributed by atoms with E-state index in [2.05, 4.69) is 9.97 Å². The Bertz CT molecular complexity index is 669. The summed E-state index contributed by atoms with van der Waals surface area (Å²) in [4.78, 5) is 19.0. The Hall–Kier alpha value is -2.44. The zero-order valence-electron chi connectivity index (χ0n) is 10.3. The number of halogens is 3. The highest BCUT2D eigenvalue weighted by atomic mass is 19.4. The second-order valence-corrected chi connectivity index (χ2v) is 4.02. The van der Waals surface area contributed by atoms with E-state index in [-0.39, 0.29) is 11.4 Å². The van der Waals surface area contributed by atoms with Crippen LogP contribution in [0.3, 0.4) is 0 Å². The minimum Gasteiger partial charge on any atom is -0.507 e. The predicted octanol–water partition coefficient (Wildman–Crippen LogP) is 2.74. The fourth-order valence-corrected chi connectivity index (χ4v) is 1.66. The number of benzene rings is 1. The van der Waals surface area contributed by atoms with E-state index in [1.54, 1.807) is 0 Å². The third-order valence-corrected chi connectivity index (χ3v) is 2.57. The summed E-state index contributed by atoms with van der Waals surface area (Å²) < 4.78 is 38.7. The highest BCUT2D eigenvalue weighted by molar-refractivity contribution is 6.11. The normalized spacial score (nSPS) is 11.4. The van der Waals surface area contributed by atoms with E-state index in [1.807, 2.05) is 0 Å². The van der Waals surface area contributed by atoms with Crippen LogP contribution >= 0.6 is 0 Å². The van der Waals surface area contributed by atoms with E-state index in [0.717, 1.165) is 6.20 Å². The van der Waals surface area contributed by atoms with E-state index in [0.29, 0.717) is 0 Å². The number of hydrogen-bond donors (Lipinski definition) is 1. The van der Waals surface area contributed by atoms with Crippen molar-refractivity contribution in [1.29, 1.82) is 0 Å². The van der Waals surface area contributed by atoms with Gasteiger partial charge in [-0.15, -0.1) is 0 Å². The summed E-state index contributed by atoms with van der Waals surface area (Å²) in [6.45, 7) is 1.30. The molecule has 104 valence electrons. The number of alkyl halides is 3. The molecule has 1 heterocycles. The number of phenols is 1. The lowest BCUT2D eigenvalue weighted by Gasteiger charge is -2.11. The number of carbonyl (C=O) groups is 1. The van der Waals surface area contributed by atoms with Crippen molar-refractivity contribution in [3.63, 3.8) is 0 Å². The molecule has 0 saturated heterocycles. The van der Waals surface area contributed by atoms with Crippen LogP contribution in [0.15, 0.2) is 30.5 Å². The number of para-hydroxylation sites is 1. The van der Waals surface area contributed by atoms with E-state index >= 15 is 0 Å². The molecular weight excluding hydrogens is 273 g/mol. The molecule has 0 bridgehead atoms. The minimum atomic E-state index is -4.77. The number of hydrogen-bond acceptors (Lipinski definition) is 4. The number of aryl methyl sites for hydroxylation is 1. The van der Waals surface area contributed by atoms with Crippen molar-refractivity contribution in [2.24, 2.45) is 0 Å². The maximum Gasteiger partial charge on any atom is 0.434 e. The van der Waals surface area contributed by atoms with Gasteiger partial charge in [-0.1, -0.05) is 12.1 Å². The van der Waals surface area contributed by atoms with E-state index in [9.17, 15) is 23.1 Å². The van der Waals surface area contributed by atoms with Crippen molar-refractivity contribution in [2.75, 3.05) is 0 Å². The maximum atomic E-state index is 12.9. The van der Waals surface area contributed by atoms with Gasteiger partial charge in [0.15, 0.2) is 11.5 Å². The molecule has 4 nitrogen and oxygen atoms in total. The number of rotatable bonds is 2. The molecule has 0 aliphatic carbocycles. The van der Waals surface area contributed by atoms with Crippen LogP contribution in [-0.2, 0) is 6.18 Å². The first-order valence-electron chi connectivity index (χ1n) is 5.54. The van der Waals surface area contributed by atoms with Crippen LogP contribution in [0.4, 0.5) is 13.2 Å². The molecule has 0 aliphatic rings. The van der Waals surface area contributed by atoms with Gasteiger partial charge in [0.1, 0.15) is 11.6 Å². The molecule has 0 radical (unpaired) electrons. The molecule has 1 aromatic carbocycles. The lowest BCUT2D eigenvalue weighted by atomic mass is 10.0. The predicted molar refractivity (Wildman–Crippen MR) is 63.3 cm³/mol. The number of nitrogens with zero attached hydrogens (tertiary/aromatic N) is 2. The summed E-state index contributed by atoms with van der Waals surface area (Å²) in [7, 11) is 0. The second kappa shape index (κ2) is 4.92. The fraction of sp³-hybridized carbons (Fsp3) is 0.154. The Morgan fingerprint density at radius 2 is 1.85 bits per heavy atom. The van der Waals surface area contributed by atoms with Crippen molar-refractivity contribution in [3.8, 4) is 5.75 Å². The maximum absolute atomic E-state index is 12.9. The van der Waals surface area contributed by atoms with E-state index < -0.39 is 29.0 Å². The lowest BCUT2D eigenvalue weighted by molar-refractivity contribution is -0.141. The average molecular weight is 282 g/mol. The molecule has 1 aromatic heterocycles. The van der Waals surface area contributed by atoms with Gasteiger partial charge in [-0.3, -0.25) is 4.79 Å². The van der Waals surface area contributed by atoms with Gasteiger partial charge in [0.25, 0.3) is 0 Å². The van der Waals surface area contributed by atoms with Crippen molar-refractivity contribution in [2.45, 2.75) is 13.1 Å². The Morgan fingerprint density at radius 1 is 1.20 bits per heavy atom. The van der Waals surface area contributed by atoms with Crippen molar-refractivity contribution in [1.82, 2.24) is 9.97 Å². The van der Waals surface area contributed by atoms with Crippen molar-refractivity contribution < 1.29 is 23.1 Å². The smallest absolute Gasteiger partial charge is 0.434 e. The quantitative estimate of drug-likeness (QED) is 0.860. The Labute approximate surface area is 111 Å². The first-order chi connectivity index (χ1) is 9.30. The number of aromatic nitrogens is 2. The second-order valence-electron chi connectivity index (χ2n) is 4.02. The van der Waals surface area contributed by atoms with Gasteiger partial charge in [-0.2, -0.15) is 13.2 Å². The summed E-state index contributed by atoms with van der Waals surface area (Å²) in [5.74, 6) is -1.47. The molecule has 0 spiro atoms. The third kappa shape index (κ3) is 2.61. The van der Waals surface area contributed by atoms with Gasteiger partial charge < -0.3 is 5.11 Å². The minimum absolute atomic E-state index is 0.0915. The summed E-state index contributed by atoms with van der Waals surface area (Å²) in [5, 5.41) is 9.55. The zero-order valence-corrected chi connectivity index (χ0v) is 10.3. The summed E-state index contributed by atoms with van der Waals surface area (Å²) in [6.07, 6.45) is -3.96. The third-order valence-electron chi connectivity index (χ3n) is 2.57. The Balaban J connectivity index is 2.59. The molecule has 1 N–H and O–H groups in total. The number of phenolic OH excluding ortho intramolecular Hbond substituents is 1. The first-order valence-corrected chi connectivity index (χ1v) is 5.54. The largest absolute Gasteiger partial charge is 0.507 e. The van der Waals surface area contributed by atoms with Gasteiger partial charge >= 0.3 is 6.18 Å². The first kappa shape index (κ1) is 14.0. The van der Waals surface area contributed by atoms with Crippen molar-refractivity contribution >= 4 is 5.78 Å². The van der Waals surface area contributed by atoms with Gasteiger partial charge in [-0.25, -0.2) is 9.97 Å². The molecule has 20 heavy (non-hydrogen) atoms. The van der Waals surface area contributed by atoms with E-state index in [4.69, 9.17) is 0 Å². The number of ketones is 1. The van der Waals surface area contributed by atoms with E-state index in [1.165, 1.54) is 31.2 Å². The average Bonchev–Trinajstić information content (AvgIpc) is 2.37. The molecule has 0 fully saturated rings. The topological polar surface area (TPSA) is 63.1 Å². The highest BCUT2D eigenvalue weighted by Crippen LogP contribution is 2.32. The number of carbonyl (C=O) groups excluding carboxylic acids is 1. The molecule has 7 heteroatoms. The standard InChI is InChI=1S/C13H9F3N2O2/c1-7-17-6-9(12(18-7)13(14,15)16)11(20)8-4-2-3-5-10(8)19/h2-6,19H,1H3. The van der Waals surface area contributed by atoms with Crippen LogP contribution in [0.5, 0.6) is 5.75 Å². The van der Waals surface area contributed by atoms with Crippen LogP contribution in [-0.4, -0.2) is 20.9 Å². The molecule has 0 unspecified atom stereocenters. The SMILES string of the molecule is Cc1ncc(C(=O)c2ccccc2O)c(C(F)(F)F)n1.